The highest BCUT2D eigenvalue weighted by molar-refractivity contribution is 14.1. The summed E-state index contributed by atoms with van der Waals surface area (Å²) in [4.78, 5) is 14.0. The van der Waals surface area contributed by atoms with E-state index < -0.39 is 0 Å². The lowest BCUT2D eigenvalue weighted by molar-refractivity contribution is -0.117. The maximum absolute atomic E-state index is 12.1. The summed E-state index contributed by atoms with van der Waals surface area (Å²) in [6, 6.07) is 17.2. The van der Waals surface area contributed by atoms with Crippen LogP contribution in [0.15, 0.2) is 48.5 Å². The van der Waals surface area contributed by atoms with Crippen molar-refractivity contribution in [1.82, 2.24) is 4.90 Å². The summed E-state index contributed by atoms with van der Waals surface area (Å²) in [7, 11) is 1.88. The Morgan fingerprint density at radius 2 is 2.05 bits per heavy atom. The van der Waals surface area contributed by atoms with Gasteiger partial charge >= 0.3 is 0 Å². The summed E-state index contributed by atoms with van der Waals surface area (Å²) in [5.74, 6) is -0.0527. The van der Waals surface area contributed by atoms with Crippen LogP contribution < -0.4 is 5.32 Å². The number of carbonyl (C=O) groups excluding carboxylic acids is 1. The number of carbonyl (C=O) groups is 1. The van der Waals surface area contributed by atoms with Crippen molar-refractivity contribution in [1.29, 1.82) is 5.26 Å². The van der Waals surface area contributed by atoms with Gasteiger partial charge < -0.3 is 5.32 Å². The molecule has 0 aliphatic carbocycles. The maximum Gasteiger partial charge on any atom is 0.238 e. The molecule has 0 saturated carbocycles. The highest BCUT2D eigenvalue weighted by atomic mass is 127. The molecule has 0 fully saturated rings. The fraction of sp³-hybridized carbons (Fsp3) is 0.176. The predicted octanol–water partition coefficient (Wildman–Crippen LogP) is 3.23. The summed E-state index contributed by atoms with van der Waals surface area (Å²) in [5.41, 5.74) is 2.48. The Hall–Kier alpha value is -1.91. The molecule has 2 aromatic rings. The summed E-state index contributed by atoms with van der Waals surface area (Å²) >= 11 is 2.19. The Labute approximate surface area is 143 Å². The first-order valence-electron chi connectivity index (χ1n) is 6.80. The van der Waals surface area contributed by atoms with Crippen molar-refractivity contribution in [2.45, 2.75) is 6.54 Å². The van der Waals surface area contributed by atoms with Crippen LogP contribution >= 0.6 is 22.6 Å². The van der Waals surface area contributed by atoms with Gasteiger partial charge in [0, 0.05) is 10.1 Å². The number of nitrogens with zero attached hydrogens (tertiary/aromatic N) is 2. The van der Waals surface area contributed by atoms with Crippen molar-refractivity contribution < 1.29 is 4.79 Å². The van der Waals surface area contributed by atoms with E-state index in [0.29, 0.717) is 18.7 Å². The van der Waals surface area contributed by atoms with Gasteiger partial charge in [0.15, 0.2) is 0 Å². The van der Waals surface area contributed by atoms with E-state index in [2.05, 4.69) is 34.0 Å². The summed E-state index contributed by atoms with van der Waals surface area (Å²) in [6.07, 6.45) is 0. The zero-order chi connectivity index (χ0) is 15.9. The lowest BCUT2D eigenvalue weighted by atomic mass is 10.1. The van der Waals surface area contributed by atoms with Gasteiger partial charge in [0.2, 0.25) is 5.91 Å². The van der Waals surface area contributed by atoms with E-state index in [1.165, 1.54) is 0 Å². The first-order chi connectivity index (χ1) is 10.6. The van der Waals surface area contributed by atoms with Gasteiger partial charge in [0.1, 0.15) is 0 Å². The highest BCUT2D eigenvalue weighted by Gasteiger charge is 2.09. The van der Waals surface area contributed by atoms with Gasteiger partial charge in [-0.15, -0.1) is 0 Å². The first kappa shape index (κ1) is 16.5. The third-order valence-electron chi connectivity index (χ3n) is 3.07. The molecular weight excluding hydrogens is 389 g/mol. The number of halogens is 1. The molecule has 22 heavy (non-hydrogen) atoms. The topological polar surface area (TPSA) is 56.1 Å². The Morgan fingerprint density at radius 1 is 1.27 bits per heavy atom. The molecule has 1 N–H and O–H groups in total. The average molecular weight is 405 g/mol. The molecule has 0 bridgehead atoms. The number of nitriles is 1. The van der Waals surface area contributed by atoms with Crippen LogP contribution in [0.1, 0.15) is 11.1 Å². The second-order valence-corrected chi connectivity index (χ2v) is 6.17. The van der Waals surface area contributed by atoms with Gasteiger partial charge in [0.25, 0.3) is 0 Å². The summed E-state index contributed by atoms with van der Waals surface area (Å²) < 4.78 is 1.01. The van der Waals surface area contributed by atoms with Gasteiger partial charge in [-0.2, -0.15) is 5.26 Å². The van der Waals surface area contributed by atoms with Gasteiger partial charge in [-0.25, -0.2) is 0 Å². The highest BCUT2D eigenvalue weighted by Crippen LogP contribution is 2.16. The SMILES string of the molecule is CN(CC(=O)Nc1ccccc1I)Cc1cccc(C#N)c1. The molecule has 1 amide bonds. The quantitative estimate of drug-likeness (QED) is 0.778. The molecule has 5 heteroatoms. The van der Waals surface area contributed by atoms with Crippen LogP contribution in [0.2, 0.25) is 0 Å². The third-order valence-corrected chi connectivity index (χ3v) is 4.01. The van der Waals surface area contributed by atoms with Crippen LogP contribution in [0, 0.1) is 14.9 Å². The molecule has 0 atom stereocenters. The lowest BCUT2D eigenvalue weighted by Gasteiger charge is -2.17. The van der Waals surface area contributed by atoms with E-state index in [1.54, 1.807) is 6.07 Å². The third kappa shape index (κ3) is 4.83. The molecule has 0 aliphatic rings. The van der Waals surface area contributed by atoms with Crippen molar-refractivity contribution in [2.75, 3.05) is 18.9 Å². The predicted molar refractivity (Wildman–Crippen MR) is 95.3 cm³/mol. The van der Waals surface area contributed by atoms with Crippen LogP contribution in [0.5, 0.6) is 0 Å². The number of hydrogen-bond acceptors (Lipinski definition) is 3. The molecule has 4 nitrogen and oxygen atoms in total. The minimum absolute atomic E-state index is 0.0527. The molecule has 0 unspecified atom stereocenters. The Morgan fingerprint density at radius 3 is 2.77 bits per heavy atom. The summed E-state index contributed by atoms with van der Waals surface area (Å²) in [6.45, 7) is 0.913. The minimum Gasteiger partial charge on any atom is -0.324 e. The van der Waals surface area contributed by atoms with Crippen molar-refractivity contribution in [3.63, 3.8) is 0 Å². The molecule has 2 aromatic carbocycles. The van der Waals surface area contributed by atoms with E-state index in [4.69, 9.17) is 5.26 Å². The minimum atomic E-state index is -0.0527. The second-order valence-electron chi connectivity index (χ2n) is 5.01. The monoisotopic (exact) mass is 405 g/mol. The number of amides is 1. The molecule has 0 radical (unpaired) electrons. The number of anilines is 1. The van der Waals surface area contributed by atoms with E-state index in [0.717, 1.165) is 14.8 Å². The Balaban J connectivity index is 1.91. The van der Waals surface area contributed by atoms with Crippen LogP contribution in [0.25, 0.3) is 0 Å². The standard InChI is InChI=1S/C17H16IN3O/c1-21(11-14-6-4-5-13(9-14)10-19)12-17(22)20-16-8-3-2-7-15(16)18/h2-9H,11-12H2,1H3,(H,20,22). The largest absolute Gasteiger partial charge is 0.324 e. The van der Waals surface area contributed by atoms with Crippen molar-refractivity contribution in [3.8, 4) is 6.07 Å². The number of para-hydroxylation sites is 1. The van der Waals surface area contributed by atoms with Gasteiger partial charge in [-0.05, 0) is 59.5 Å². The fourth-order valence-corrected chi connectivity index (χ4v) is 2.63. The van der Waals surface area contributed by atoms with Crippen molar-refractivity contribution in [2.24, 2.45) is 0 Å². The fourth-order valence-electron chi connectivity index (χ4n) is 2.10. The first-order valence-corrected chi connectivity index (χ1v) is 7.88. The Bertz CT molecular complexity index is 709. The molecule has 0 heterocycles. The Kier molecular flexibility index (Phi) is 5.92. The number of rotatable bonds is 5. The van der Waals surface area contributed by atoms with Crippen LogP contribution in [0.3, 0.4) is 0 Å². The summed E-state index contributed by atoms with van der Waals surface area (Å²) in [5, 5.41) is 11.8. The normalized spacial score (nSPS) is 10.3. The van der Waals surface area contributed by atoms with Crippen LogP contribution in [-0.4, -0.2) is 24.4 Å². The van der Waals surface area contributed by atoms with Crippen LogP contribution in [-0.2, 0) is 11.3 Å². The number of likely N-dealkylation sites (N-methyl/N-ethyl adjacent to an activating group) is 1. The van der Waals surface area contributed by atoms with E-state index in [1.807, 2.05) is 54.4 Å². The van der Waals surface area contributed by atoms with E-state index in [-0.39, 0.29) is 5.91 Å². The number of benzene rings is 2. The van der Waals surface area contributed by atoms with E-state index >= 15 is 0 Å². The average Bonchev–Trinajstić information content (AvgIpc) is 2.49. The van der Waals surface area contributed by atoms with Gasteiger partial charge in [0.05, 0.1) is 23.9 Å². The van der Waals surface area contributed by atoms with Gasteiger partial charge in [-0.3, -0.25) is 9.69 Å². The second kappa shape index (κ2) is 7.92. The molecule has 0 aromatic heterocycles. The van der Waals surface area contributed by atoms with Crippen molar-refractivity contribution in [3.05, 3.63) is 63.2 Å². The molecule has 112 valence electrons. The zero-order valence-electron chi connectivity index (χ0n) is 12.2. The smallest absolute Gasteiger partial charge is 0.238 e. The number of hydrogen-bond donors (Lipinski definition) is 1. The van der Waals surface area contributed by atoms with Crippen LogP contribution in [0.4, 0.5) is 5.69 Å². The molecule has 0 saturated heterocycles. The van der Waals surface area contributed by atoms with Gasteiger partial charge in [-0.1, -0.05) is 24.3 Å². The zero-order valence-corrected chi connectivity index (χ0v) is 14.4. The molecular formula is C17H16IN3O. The molecule has 2 rings (SSSR count). The van der Waals surface area contributed by atoms with Crippen molar-refractivity contribution >= 4 is 34.2 Å². The molecule has 0 spiro atoms. The van der Waals surface area contributed by atoms with E-state index in [9.17, 15) is 4.79 Å². The molecule has 0 aliphatic heterocycles. The maximum atomic E-state index is 12.1. The lowest BCUT2D eigenvalue weighted by Crippen LogP contribution is -2.30. The number of nitrogens with one attached hydrogen (secondary N) is 1.